The van der Waals surface area contributed by atoms with E-state index in [1.165, 1.54) is 12.1 Å². The van der Waals surface area contributed by atoms with E-state index in [0.29, 0.717) is 17.9 Å². The van der Waals surface area contributed by atoms with Gasteiger partial charge >= 0.3 is 0 Å². The van der Waals surface area contributed by atoms with Crippen molar-refractivity contribution in [2.24, 2.45) is 5.14 Å². The maximum atomic E-state index is 11.4. The van der Waals surface area contributed by atoms with Crippen LogP contribution in [0.15, 0.2) is 47.5 Å². The van der Waals surface area contributed by atoms with Crippen molar-refractivity contribution in [2.75, 3.05) is 24.2 Å². The van der Waals surface area contributed by atoms with Gasteiger partial charge in [0.15, 0.2) is 0 Å². The highest BCUT2D eigenvalue weighted by molar-refractivity contribution is 7.89. The van der Waals surface area contributed by atoms with E-state index in [0.717, 1.165) is 12.1 Å². The van der Waals surface area contributed by atoms with Gasteiger partial charge < -0.3 is 10.6 Å². The van der Waals surface area contributed by atoms with Crippen LogP contribution in [0.5, 0.6) is 0 Å². The predicted octanol–water partition coefficient (Wildman–Crippen LogP) is 0.990. The number of sulfonamides is 1. The Morgan fingerprint density at radius 3 is 2.62 bits per heavy atom. The monoisotopic (exact) mass is 306 g/mol. The van der Waals surface area contributed by atoms with Crippen LogP contribution in [-0.4, -0.2) is 27.0 Å². The molecule has 0 atom stereocenters. The first-order valence-corrected chi connectivity index (χ1v) is 7.96. The Balaban J connectivity index is 2.17. The van der Waals surface area contributed by atoms with Crippen molar-refractivity contribution in [3.63, 3.8) is 0 Å². The molecule has 2 aromatic rings. The molecule has 0 saturated carbocycles. The molecule has 0 aliphatic carbocycles. The van der Waals surface area contributed by atoms with Gasteiger partial charge in [0.25, 0.3) is 0 Å². The summed E-state index contributed by atoms with van der Waals surface area (Å²) in [6.07, 6.45) is 2.47. The fourth-order valence-corrected chi connectivity index (χ4v) is 2.51. The van der Waals surface area contributed by atoms with Crippen LogP contribution in [0.4, 0.5) is 11.4 Å². The fraction of sp³-hybridized carbons (Fsp3) is 0.214. The molecule has 7 heteroatoms. The topological polar surface area (TPSA) is 102 Å². The number of nitrogens with zero attached hydrogens (tertiary/aromatic N) is 2. The van der Waals surface area contributed by atoms with Crippen LogP contribution in [0.25, 0.3) is 0 Å². The molecule has 1 aromatic carbocycles. The van der Waals surface area contributed by atoms with Gasteiger partial charge in [-0.25, -0.2) is 13.6 Å². The lowest BCUT2D eigenvalue weighted by Crippen LogP contribution is -2.22. The van der Waals surface area contributed by atoms with Crippen molar-refractivity contribution in [1.29, 1.82) is 0 Å². The SMILES string of the molecule is CN(CCc1ccccn1)c1cc(S(N)(=O)=O)ccc1N. The normalized spacial score (nSPS) is 11.3. The van der Waals surface area contributed by atoms with Crippen molar-refractivity contribution in [2.45, 2.75) is 11.3 Å². The van der Waals surface area contributed by atoms with Crippen molar-refractivity contribution in [3.05, 3.63) is 48.3 Å². The summed E-state index contributed by atoms with van der Waals surface area (Å²) in [5.41, 5.74) is 8.02. The second kappa shape index (κ2) is 6.11. The van der Waals surface area contributed by atoms with Crippen LogP contribution < -0.4 is 15.8 Å². The number of primary sulfonamides is 1. The zero-order valence-corrected chi connectivity index (χ0v) is 12.5. The number of rotatable bonds is 5. The molecular weight excluding hydrogens is 288 g/mol. The van der Waals surface area contributed by atoms with Gasteiger partial charge in [-0.05, 0) is 30.3 Å². The van der Waals surface area contributed by atoms with Crippen LogP contribution in [0, 0.1) is 0 Å². The third-order valence-electron chi connectivity index (χ3n) is 3.17. The highest BCUT2D eigenvalue weighted by Crippen LogP contribution is 2.25. The van der Waals surface area contributed by atoms with Crippen molar-refractivity contribution < 1.29 is 8.42 Å². The number of nitrogens with two attached hydrogens (primary N) is 2. The Morgan fingerprint density at radius 1 is 1.24 bits per heavy atom. The van der Waals surface area contributed by atoms with Gasteiger partial charge in [0.1, 0.15) is 0 Å². The number of likely N-dealkylation sites (N-methyl/N-ethyl adjacent to an activating group) is 1. The minimum atomic E-state index is -3.74. The fourth-order valence-electron chi connectivity index (χ4n) is 1.98. The maximum Gasteiger partial charge on any atom is 0.238 e. The van der Waals surface area contributed by atoms with Crippen molar-refractivity contribution >= 4 is 21.4 Å². The van der Waals surface area contributed by atoms with E-state index in [9.17, 15) is 8.42 Å². The highest BCUT2D eigenvalue weighted by atomic mass is 32.2. The molecule has 1 aromatic heterocycles. The molecule has 2 rings (SSSR count). The summed E-state index contributed by atoms with van der Waals surface area (Å²) in [6.45, 7) is 0.662. The molecule has 0 aliphatic rings. The van der Waals surface area contributed by atoms with E-state index in [-0.39, 0.29) is 4.90 Å². The number of anilines is 2. The molecule has 0 amide bonds. The summed E-state index contributed by atoms with van der Waals surface area (Å²) in [5.74, 6) is 0. The number of pyridine rings is 1. The molecule has 0 spiro atoms. The number of hydrogen-bond donors (Lipinski definition) is 2. The summed E-state index contributed by atoms with van der Waals surface area (Å²) in [7, 11) is -1.89. The first-order chi connectivity index (χ1) is 9.88. The summed E-state index contributed by atoms with van der Waals surface area (Å²) >= 11 is 0. The van der Waals surface area contributed by atoms with Gasteiger partial charge in [0.05, 0.1) is 16.3 Å². The molecule has 112 valence electrons. The van der Waals surface area contributed by atoms with Crippen LogP contribution in [-0.2, 0) is 16.4 Å². The van der Waals surface area contributed by atoms with E-state index >= 15 is 0 Å². The maximum absolute atomic E-state index is 11.4. The molecule has 1 heterocycles. The zero-order chi connectivity index (χ0) is 15.5. The first kappa shape index (κ1) is 15.3. The Hall–Kier alpha value is -2.12. The van der Waals surface area contributed by atoms with Gasteiger partial charge in [-0.1, -0.05) is 6.07 Å². The van der Waals surface area contributed by atoms with Crippen LogP contribution >= 0.6 is 0 Å². The minimum absolute atomic E-state index is 0.0522. The minimum Gasteiger partial charge on any atom is -0.397 e. The third-order valence-corrected chi connectivity index (χ3v) is 4.08. The Kier molecular flexibility index (Phi) is 4.44. The average molecular weight is 306 g/mol. The van der Waals surface area contributed by atoms with Gasteiger partial charge in [0.2, 0.25) is 10.0 Å². The van der Waals surface area contributed by atoms with E-state index in [4.69, 9.17) is 10.9 Å². The third kappa shape index (κ3) is 3.93. The quantitative estimate of drug-likeness (QED) is 0.802. The van der Waals surface area contributed by atoms with Crippen molar-refractivity contribution in [1.82, 2.24) is 4.98 Å². The molecule has 0 bridgehead atoms. The smallest absolute Gasteiger partial charge is 0.238 e. The van der Waals surface area contributed by atoms with E-state index < -0.39 is 10.0 Å². The average Bonchev–Trinajstić information content (AvgIpc) is 2.45. The second-order valence-electron chi connectivity index (χ2n) is 4.76. The Labute approximate surface area is 124 Å². The molecule has 0 aliphatic heterocycles. The molecule has 0 saturated heterocycles. The predicted molar refractivity (Wildman–Crippen MR) is 83.4 cm³/mol. The van der Waals surface area contributed by atoms with Crippen molar-refractivity contribution in [3.8, 4) is 0 Å². The van der Waals surface area contributed by atoms with Gasteiger partial charge in [0, 0.05) is 31.9 Å². The van der Waals surface area contributed by atoms with Gasteiger partial charge in [-0.3, -0.25) is 4.98 Å². The highest BCUT2D eigenvalue weighted by Gasteiger charge is 2.13. The van der Waals surface area contributed by atoms with E-state index in [2.05, 4.69) is 4.98 Å². The largest absolute Gasteiger partial charge is 0.397 e. The number of aromatic nitrogens is 1. The van der Waals surface area contributed by atoms with E-state index in [1.54, 1.807) is 12.3 Å². The number of hydrogen-bond acceptors (Lipinski definition) is 5. The zero-order valence-electron chi connectivity index (χ0n) is 11.7. The molecule has 0 radical (unpaired) electrons. The van der Waals surface area contributed by atoms with Crippen LogP contribution in [0.3, 0.4) is 0 Å². The number of benzene rings is 1. The van der Waals surface area contributed by atoms with Gasteiger partial charge in [-0.15, -0.1) is 0 Å². The molecule has 4 N–H and O–H groups in total. The lowest BCUT2D eigenvalue weighted by atomic mass is 10.2. The lowest BCUT2D eigenvalue weighted by Gasteiger charge is -2.21. The molecule has 21 heavy (non-hydrogen) atoms. The first-order valence-electron chi connectivity index (χ1n) is 6.41. The number of nitrogen functional groups attached to an aromatic ring is 1. The second-order valence-corrected chi connectivity index (χ2v) is 6.32. The van der Waals surface area contributed by atoms with Gasteiger partial charge in [-0.2, -0.15) is 0 Å². The van der Waals surface area contributed by atoms with Crippen LogP contribution in [0.2, 0.25) is 0 Å². The molecule has 6 nitrogen and oxygen atoms in total. The Bertz CT molecular complexity index is 717. The molecular formula is C14H18N4O2S. The summed E-state index contributed by atoms with van der Waals surface area (Å²) in [4.78, 5) is 6.19. The summed E-state index contributed by atoms with van der Waals surface area (Å²) < 4.78 is 22.8. The molecule has 0 unspecified atom stereocenters. The summed E-state index contributed by atoms with van der Waals surface area (Å²) in [6, 6.07) is 10.2. The lowest BCUT2D eigenvalue weighted by molar-refractivity contribution is 0.598. The van der Waals surface area contributed by atoms with Crippen LogP contribution in [0.1, 0.15) is 5.69 Å². The molecule has 0 fully saturated rings. The Morgan fingerprint density at radius 2 is 2.00 bits per heavy atom. The van der Waals surface area contributed by atoms with E-state index in [1.807, 2.05) is 30.1 Å². The standard InChI is InChI=1S/C14H18N4O2S/c1-18(9-7-11-4-2-3-8-17-11)14-10-12(21(16,19)20)5-6-13(14)15/h2-6,8,10H,7,9,15H2,1H3,(H2,16,19,20). The summed E-state index contributed by atoms with van der Waals surface area (Å²) in [5, 5.41) is 5.14.